The third kappa shape index (κ3) is 1.60. The van der Waals surface area contributed by atoms with Crippen molar-refractivity contribution in [2.24, 2.45) is 46.8 Å². The first-order chi connectivity index (χ1) is 10.9. The molecule has 4 heteroatoms. The molecule has 23 heavy (non-hydrogen) atoms. The van der Waals surface area contributed by atoms with Gasteiger partial charge in [0.15, 0.2) is 5.78 Å². The minimum absolute atomic E-state index is 0.00481. The molecule has 4 aliphatic carbocycles. The highest BCUT2D eigenvalue weighted by molar-refractivity contribution is 6.07. The van der Waals surface area contributed by atoms with E-state index in [0.717, 1.165) is 6.42 Å². The van der Waals surface area contributed by atoms with E-state index in [1.807, 2.05) is 26.0 Å². The van der Waals surface area contributed by atoms with Gasteiger partial charge in [0.05, 0.1) is 13.2 Å². The Morgan fingerprint density at radius 1 is 1.22 bits per heavy atom. The molecule has 4 rings (SSSR count). The highest BCUT2D eigenvalue weighted by Gasteiger charge is 2.70. The Kier molecular flexibility index (Phi) is 3.15. The normalized spacial score (nSPS) is 53.1. The highest BCUT2D eigenvalue weighted by Crippen LogP contribution is 2.62. The van der Waals surface area contributed by atoms with Crippen LogP contribution in [-0.2, 0) is 14.3 Å². The molecule has 0 aromatic rings. The maximum absolute atomic E-state index is 13.6. The second kappa shape index (κ2) is 4.79. The predicted molar refractivity (Wildman–Crippen MR) is 84.1 cm³/mol. The van der Waals surface area contributed by atoms with Crippen LogP contribution in [0.5, 0.6) is 0 Å². The van der Waals surface area contributed by atoms with Gasteiger partial charge in [0.25, 0.3) is 0 Å². The van der Waals surface area contributed by atoms with E-state index in [1.165, 1.54) is 7.11 Å². The van der Waals surface area contributed by atoms with Gasteiger partial charge in [0.2, 0.25) is 0 Å². The van der Waals surface area contributed by atoms with Crippen LogP contribution in [0.2, 0.25) is 0 Å². The molecule has 4 aliphatic rings. The van der Waals surface area contributed by atoms with Crippen molar-refractivity contribution in [3.63, 3.8) is 0 Å². The molecule has 2 bridgehead atoms. The number of carbonyl (C=O) groups excluding carboxylic acids is 2. The van der Waals surface area contributed by atoms with Crippen molar-refractivity contribution in [2.45, 2.75) is 26.4 Å². The Labute approximate surface area is 136 Å². The van der Waals surface area contributed by atoms with Gasteiger partial charge < -0.3 is 9.84 Å². The van der Waals surface area contributed by atoms with Crippen LogP contribution in [0.3, 0.4) is 0 Å². The van der Waals surface area contributed by atoms with Crippen molar-refractivity contribution in [2.75, 3.05) is 7.11 Å². The average Bonchev–Trinajstić information content (AvgIpc) is 3.15. The molecule has 4 nitrogen and oxygen atoms in total. The summed E-state index contributed by atoms with van der Waals surface area (Å²) < 4.78 is 5.09. The monoisotopic (exact) mass is 316 g/mol. The Hall–Kier alpha value is -1.42. The van der Waals surface area contributed by atoms with Crippen LogP contribution in [0.4, 0.5) is 0 Å². The summed E-state index contributed by atoms with van der Waals surface area (Å²) in [5, 5.41) is 11.2. The summed E-state index contributed by atoms with van der Waals surface area (Å²) in [4.78, 5) is 26.4. The molecule has 9 atom stereocenters. The fourth-order valence-corrected chi connectivity index (χ4v) is 6.10. The first kappa shape index (κ1) is 15.1. The second-order valence-electron chi connectivity index (χ2n) is 7.83. The van der Waals surface area contributed by atoms with Gasteiger partial charge in [-0.3, -0.25) is 9.59 Å². The summed E-state index contributed by atoms with van der Waals surface area (Å²) >= 11 is 0. The standard InChI is InChI=1S/C19H24O4/c1-9-4-5-10(2)19(18(22)23-3)15(9)16(20)13-11-6-7-12(8-11)14(13)17(19)21/h4-7,9-16,20H,8H2,1-3H3/t9?,10?,11-,12+,13?,14?,15+,16?,19+/m1/s1. The van der Waals surface area contributed by atoms with E-state index in [1.54, 1.807) is 0 Å². The van der Waals surface area contributed by atoms with Crippen LogP contribution in [0.15, 0.2) is 24.3 Å². The molecule has 0 spiro atoms. The molecule has 0 aliphatic heterocycles. The van der Waals surface area contributed by atoms with Crippen LogP contribution in [0.1, 0.15) is 20.3 Å². The van der Waals surface area contributed by atoms with Crippen LogP contribution < -0.4 is 0 Å². The minimum atomic E-state index is -1.23. The number of aliphatic hydroxyl groups is 1. The van der Waals surface area contributed by atoms with Crippen molar-refractivity contribution in [3.05, 3.63) is 24.3 Å². The van der Waals surface area contributed by atoms with Gasteiger partial charge in [-0.2, -0.15) is 0 Å². The third-order valence-electron chi connectivity index (χ3n) is 7.03. The number of allylic oxidation sites excluding steroid dienone is 4. The molecule has 0 aromatic heterocycles. The number of rotatable bonds is 1. The molecule has 5 unspecified atom stereocenters. The minimum Gasteiger partial charge on any atom is -0.468 e. The number of hydrogen-bond acceptors (Lipinski definition) is 4. The molecular formula is C19H24O4. The van der Waals surface area contributed by atoms with Crippen LogP contribution in [0.25, 0.3) is 0 Å². The van der Waals surface area contributed by atoms with Crippen LogP contribution in [0, 0.1) is 46.8 Å². The maximum Gasteiger partial charge on any atom is 0.320 e. The van der Waals surface area contributed by atoms with E-state index in [2.05, 4.69) is 12.2 Å². The zero-order chi connectivity index (χ0) is 16.5. The Morgan fingerprint density at radius 2 is 1.91 bits per heavy atom. The van der Waals surface area contributed by atoms with E-state index in [-0.39, 0.29) is 41.3 Å². The molecule has 2 fully saturated rings. The number of carbonyl (C=O) groups is 2. The van der Waals surface area contributed by atoms with Gasteiger partial charge in [-0.25, -0.2) is 0 Å². The number of aliphatic hydroxyl groups excluding tert-OH is 1. The van der Waals surface area contributed by atoms with E-state index in [0.29, 0.717) is 0 Å². The van der Waals surface area contributed by atoms with Gasteiger partial charge in [0.1, 0.15) is 5.41 Å². The van der Waals surface area contributed by atoms with E-state index < -0.39 is 23.4 Å². The molecule has 1 N–H and O–H groups in total. The first-order valence-electron chi connectivity index (χ1n) is 8.62. The summed E-state index contributed by atoms with van der Waals surface area (Å²) in [6.07, 6.45) is 8.54. The van der Waals surface area contributed by atoms with Crippen molar-refractivity contribution < 1.29 is 19.4 Å². The van der Waals surface area contributed by atoms with Crippen LogP contribution >= 0.6 is 0 Å². The van der Waals surface area contributed by atoms with E-state index in [4.69, 9.17) is 4.74 Å². The smallest absolute Gasteiger partial charge is 0.320 e. The number of esters is 1. The maximum atomic E-state index is 13.6. The average molecular weight is 316 g/mol. The topological polar surface area (TPSA) is 63.6 Å². The SMILES string of the molecule is COC(=O)[C@]12C(=O)C3C(C(O)[C@@H]1C(C)C=CC2C)[C@@H]1C=C[C@H]3C1. The molecule has 0 amide bonds. The second-order valence-corrected chi connectivity index (χ2v) is 7.83. The molecule has 0 saturated heterocycles. The zero-order valence-electron chi connectivity index (χ0n) is 13.8. The van der Waals surface area contributed by atoms with Gasteiger partial charge in [-0.15, -0.1) is 0 Å². The summed E-state index contributed by atoms with van der Waals surface area (Å²) in [7, 11) is 1.34. The Morgan fingerprint density at radius 3 is 2.61 bits per heavy atom. The highest BCUT2D eigenvalue weighted by atomic mass is 16.5. The zero-order valence-corrected chi connectivity index (χ0v) is 13.8. The summed E-state index contributed by atoms with van der Waals surface area (Å²) in [5.74, 6) is -0.966. The summed E-state index contributed by atoms with van der Waals surface area (Å²) in [5.41, 5.74) is -1.23. The van der Waals surface area contributed by atoms with Gasteiger partial charge in [-0.05, 0) is 30.1 Å². The van der Waals surface area contributed by atoms with Crippen LogP contribution in [-0.4, -0.2) is 30.1 Å². The lowest BCUT2D eigenvalue weighted by atomic mass is 9.47. The fourth-order valence-electron chi connectivity index (χ4n) is 6.10. The Bertz CT molecular complexity index is 621. The van der Waals surface area contributed by atoms with Gasteiger partial charge in [0, 0.05) is 17.8 Å². The molecule has 0 radical (unpaired) electrons. The molecular weight excluding hydrogens is 292 g/mol. The van der Waals surface area contributed by atoms with Crippen molar-refractivity contribution in [3.8, 4) is 0 Å². The number of methoxy groups -OCH3 is 1. The number of Topliss-reactive ketones (excluding diaryl/α,β-unsaturated/α-hetero) is 1. The lowest BCUT2D eigenvalue weighted by Crippen LogP contribution is -2.66. The number of ether oxygens (including phenoxy) is 1. The number of hydrogen-bond donors (Lipinski definition) is 1. The quantitative estimate of drug-likeness (QED) is 0.456. The first-order valence-corrected chi connectivity index (χ1v) is 8.62. The summed E-state index contributed by atoms with van der Waals surface area (Å²) in [6, 6.07) is 0. The largest absolute Gasteiger partial charge is 0.468 e. The molecule has 124 valence electrons. The van der Waals surface area contributed by atoms with Gasteiger partial charge in [-0.1, -0.05) is 38.2 Å². The van der Waals surface area contributed by atoms with E-state index in [9.17, 15) is 14.7 Å². The van der Waals surface area contributed by atoms with Crippen molar-refractivity contribution >= 4 is 11.8 Å². The lowest BCUT2D eigenvalue weighted by Gasteiger charge is -2.55. The molecule has 0 heterocycles. The van der Waals surface area contributed by atoms with Gasteiger partial charge >= 0.3 is 5.97 Å². The summed E-state index contributed by atoms with van der Waals surface area (Å²) in [6.45, 7) is 3.89. The van der Waals surface area contributed by atoms with E-state index >= 15 is 0 Å². The predicted octanol–water partition coefficient (Wildman–Crippen LogP) is 1.99. The lowest BCUT2D eigenvalue weighted by molar-refractivity contribution is -0.188. The number of fused-ring (bicyclic) bond motifs is 6. The third-order valence-corrected chi connectivity index (χ3v) is 7.03. The fraction of sp³-hybridized carbons (Fsp3) is 0.684. The Balaban J connectivity index is 1.91. The van der Waals surface area contributed by atoms with Crippen molar-refractivity contribution in [1.29, 1.82) is 0 Å². The molecule has 2 saturated carbocycles. The van der Waals surface area contributed by atoms with Crippen molar-refractivity contribution in [1.82, 2.24) is 0 Å². The molecule has 0 aromatic carbocycles. The number of ketones is 1.